The van der Waals surface area contributed by atoms with Crippen LogP contribution < -0.4 is 0 Å². The van der Waals surface area contributed by atoms with E-state index in [9.17, 15) is 5.11 Å². The molecule has 3 nitrogen and oxygen atoms in total. The predicted molar refractivity (Wildman–Crippen MR) is 80.4 cm³/mol. The molecule has 3 heteroatoms. The Morgan fingerprint density at radius 3 is 2.55 bits per heavy atom. The van der Waals surface area contributed by atoms with Crippen molar-refractivity contribution in [1.82, 2.24) is 9.88 Å². The van der Waals surface area contributed by atoms with Crippen LogP contribution in [0.15, 0.2) is 24.5 Å². The summed E-state index contributed by atoms with van der Waals surface area (Å²) in [5.74, 6) is 0. The molecule has 1 N–H and O–H groups in total. The number of pyridine rings is 1. The minimum atomic E-state index is -0.668. The highest BCUT2D eigenvalue weighted by atomic mass is 16.3. The monoisotopic (exact) mass is 274 g/mol. The lowest BCUT2D eigenvalue weighted by Gasteiger charge is -2.41. The summed E-state index contributed by atoms with van der Waals surface area (Å²) in [6.07, 6.45) is 9.19. The molecule has 1 saturated carbocycles. The third-order valence-electron chi connectivity index (χ3n) is 5.28. The molecule has 0 radical (unpaired) electrons. The molecule has 0 amide bonds. The van der Waals surface area contributed by atoms with Gasteiger partial charge in [0.1, 0.15) is 0 Å². The second-order valence-corrected chi connectivity index (χ2v) is 7.37. The molecule has 2 heterocycles. The molecule has 0 aromatic carbocycles. The lowest BCUT2D eigenvalue weighted by Crippen LogP contribution is -2.46. The van der Waals surface area contributed by atoms with E-state index in [4.69, 9.17) is 0 Å². The van der Waals surface area contributed by atoms with E-state index in [1.807, 2.05) is 18.3 Å². The first kappa shape index (κ1) is 14.0. The second-order valence-electron chi connectivity index (χ2n) is 7.37. The molecule has 0 bridgehead atoms. The Morgan fingerprint density at radius 1 is 1.25 bits per heavy atom. The van der Waals surface area contributed by atoms with Gasteiger partial charge in [-0.1, -0.05) is 19.9 Å². The van der Waals surface area contributed by atoms with Crippen LogP contribution in [0.3, 0.4) is 0 Å². The van der Waals surface area contributed by atoms with Crippen molar-refractivity contribution in [3.05, 3.63) is 30.1 Å². The minimum absolute atomic E-state index is 0.502. The average molecular weight is 274 g/mol. The van der Waals surface area contributed by atoms with Crippen LogP contribution in [-0.4, -0.2) is 34.1 Å². The number of hydrogen-bond acceptors (Lipinski definition) is 3. The second kappa shape index (κ2) is 5.12. The number of hydrogen-bond donors (Lipinski definition) is 1. The third kappa shape index (κ3) is 2.75. The van der Waals surface area contributed by atoms with Crippen LogP contribution in [-0.2, 0) is 5.60 Å². The summed E-state index contributed by atoms with van der Waals surface area (Å²) < 4.78 is 0. The lowest BCUT2D eigenvalue weighted by molar-refractivity contribution is -0.0360. The zero-order valence-electron chi connectivity index (χ0n) is 12.7. The number of likely N-dealkylation sites (tertiary alicyclic amines) is 1. The van der Waals surface area contributed by atoms with Gasteiger partial charge in [0.15, 0.2) is 0 Å². The standard InChI is InChI=1S/C17H26N2O/c1-16(2)6-5-15(12-16)19-10-7-17(20,8-11-19)14-4-3-9-18-13-14/h3-4,9,13,15,20H,5-8,10-12H2,1-2H3. The van der Waals surface area contributed by atoms with E-state index in [1.165, 1.54) is 19.3 Å². The maximum Gasteiger partial charge on any atom is 0.0935 e. The van der Waals surface area contributed by atoms with E-state index < -0.39 is 5.60 Å². The van der Waals surface area contributed by atoms with Gasteiger partial charge in [-0.05, 0) is 43.6 Å². The fourth-order valence-electron chi connectivity index (χ4n) is 3.90. The molecular formula is C17H26N2O. The largest absolute Gasteiger partial charge is 0.385 e. The topological polar surface area (TPSA) is 36.4 Å². The Morgan fingerprint density at radius 2 is 2.00 bits per heavy atom. The molecular weight excluding hydrogens is 248 g/mol. The fourth-order valence-corrected chi connectivity index (χ4v) is 3.90. The lowest BCUT2D eigenvalue weighted by atomic mass is 9.84. The van der Waals surface area contributed by atoms with Gasteiger partial charge in [-0.25, -0.2) is 0 Å². The first-order valence-electron chi connectivity index (χ1n) is 7.86. The van der Waals surface area contributed by atoms with Gasteiger partial charge in [0.05, 0.1) is 5.60 Å². The predicted octanol–water partition coefficient (Wildman–Crippen LogP) is 2.94. The Bertz CT molecular complexity index is 449. The molecule has 0 spiro atoms. The van der Waals surface area contributed by atoms with E-state index in [0.29, 0.717) is 5.41 Å². The van der Waals surface area contributed by atoms with Gasteiger partial charge < -0.3 is 10.0 Å². The maximum atomic E-state index is 10.8. The van der Waals surface area contributed by atoms with Crippen molar-refractivity contribution in [3.63, 3.8) is 0 Å². The number of rotatable bonds is 2. The SMILES string of the molecule is CC1(C)CCC(N2CCC(O)(c3cccnc3)CC2)C1. The Labute approximate surface area is 122 Å². The van der Waals surface area contributed by atoms with Gasteiger partial charge in [-0.3, -0.25) is 4.98 Å². The van der Waals surface area contributed by atoms with Crippen molar-refractivity contribution in [1.29, 1.82) is 0 Å². The van der Waals surface area contributed by atoms with Gasteiger partial charge in [0.25, 0.3) is 0 Å². The maximum absolute atomic E-state index is 10.8. The average Bonchev–Trinajstić information content (AvgIpc) is 2.81. The van der Waals surface area contributed by atoms with Crippen LogP contribution in [0.1, 0.15) is 51.5 Å². The van der Waals surface area contributed by atoms with Gasteiger partial charge in [-0.15, -0.1) is 0 Å². The summed E-state index contributed by atoms with van der Waals surface area (Å²) in [4.78, 5) is 6.74. The molecule has 1 unspecified atom stereocenters. The van der Waals surface area contributed by atoms with E-state index in [0.717, 1.165) is 37.5 Å². The van der Waals surface area contributed by atoms with Crippen LogP contribution in [0.4, 0.5) is 0 Å². The number of aromatic nitrogens is 1. The molecule has 3 rings (SSSR count). The van der Waals surface area contributed by atoms with Crippen LogP contribution in [0.5, 0.6) is 0 Å². The molecule has 1 aliphatic carbocycles. The highest BCUT2D eigenvalue weighted by molar-refractivity contribution is 5.19. The van der Waals surface area contributed by atoms with E-state index in [2.05, 4.69) is 23.7 Å². The summed E-state index contributed by atoms with van der Waals surface area (Å²) in [6, 6.07) is 4.64. The van der Waals surface area contributed by atoms with Crippen molar-refractivity contribution in [3.8, 4) is 0 Å². The summed E-state index contributed by atoms with van der Waals surface area (Å²) >= 11 is 0. The Balaban J connectivity index is 1.63. The van der Waals surface area contributed by atoms with Crippen LogP contribution in [0, 0.1) is 5.41 Å². The van der Waals surface area contributed by atoms with Crippen molar-refractivity contribution >= 4 is 0 Å². The van der Waals surface area contributed by atoms with E-state index >= 15 is 0 Å². The molecule has 20 heavy (non-hydrogen) atoms. The van der Waals surface area contributed by atoms with Crippen LogP contribution in [0.2, 0.25) is 0 Å². The zero-order valence-corrected chi connectivity index (χ0v) is 12.7. The van der Waals surface area contributed by atoms with Crippen molar-refractivity contribution in [2.75, 3.05) is 13.1 Å². The van der Waals surface area contributed by atoms with Crippen LogP contribution >= 0.6 is 0 Å². The summed E-state index contributed by atoms with van der Waals surface area (Å²) in [6.45, 7) is 6.77. The van der Waals surface area contributed by atoms with Gasteiger partial charge in [0.2, 0.25) is 0 Å². The van der Waals surface area contributed by atoms with E-state index in [-0.39, 0.29) is 0 Å². The number of piperidine rings is 1. The molecule has 2 fully saturated rings. The first-order chi connectivity index (χ1) is 9.49. The van der Waals surface area contributed by atoms with E-state index in [1.54, 1.807) is 6.20 Å². The van der Waals surface area contributed by atoms with Gasteiger partial charge in [0, 0.05) is 37.1 Å². The third-order valence-corrected chi connectivity index (χ3v) is 5.28. The van der Waals surface area contributed by atoms with Crippen molar-refractivity contribution in [2.45, 2.75) is 57.6 Å². The molecule has 110 valence electrons. The molecule has 1 saturated heterocycles. The summed E-state index contributed by atoms with van der Waals surface area (Å²) in [7, 11) is 0. The van der Waals surface area contributed by atoms with Crippen molar-refractivity contribution < 1.29 is 5.11 Å². The Kier molecular flexibility index (Phi) is 3.59. The summed E-state index contributed by atoms with van der Waals surface area (Å²) in [5, 5.41) is 10.8. The first-order valence-corrected chi connectivity index (χ1v) is 7.86. The number of nitrogens with zero attached hydrogens (tertiary/aromatic N) is 2. The molecule has 1 aromatic heterocycles. The highest BCUT2D eigenvalue weighted by Gasteiger charge is 2.39. The van der Waals surface area contributed by atoms with Crippen molar-refractivity contribution in [2.24, 2.45) is 5.41 Å². The van der Waals surface area contributed by atoms with Gasteiger partial charge >= 0.3 is 0 Å². The summed E-state index contributed by atoms with van der Waals surface area (Å²) in [5.41, 5.74) is 0.812. The number of aliphatic hydroxyl groups is 1. The fraction of sp³-hybridized carbons (Fsp3) is 0.706. The smallest absolute Gasteiger partial charge is 0.0935 e. The zero-order chi connectivity index (χ0) is 14.2. The quantitative estimate of drug-likeness (QED) is 0.901. The molecule has 1 aliphatic heterocycles. The highest BCUT2D eigenvalue weighted by Crippen LogP contribution is 2.41. The normalized spacial score (nSPS) is 29.4. The minimum Gasteiger partial charge on any atom is -0.385 e. The molecule has 1 aromatic rings. The Hall–Kier alpha value is -0.930. The van der Waals surface area contributed by atoms with Crippen LogP contribution in [0.25, 0.3) is 0 Å². The molecule has 2 aliphatic rings. The van der Waals surface area contributed by atoms with Gasteiger partial charge in [-0.2, -0.15) is 0 Å². The molecule has 1 atom stereocenters.